The van der Waals surface area contributed by atoms with Crippen LogP contribution in [0.25, 0.3) is 0 Å². The Morgan fingerprint density at radius 3 is 2.62 bits per heavy atom. The van der Waals surface area contributed by atoms with E-state index in [2.05, 4.69) is 31.8 Å². The van der Waals surface area contributed by atoms with Gasteiger partial charge in [0.1, 0.15) is 0 Å². The first-order chi connectivity index (χ1) is 7.64. The summed E-state index contributed by atoms with van der Waals surface area (Å²) in [5.74, 6) is 0. The highest BCUT2D eigenvalue weighted by Crippen LogP contribution is 2.27. The van der Waals surface area contributed by atoms with Crippen molar-refractivity contribution in [3.05, 3.63) is 30.1 Å². The number of pyridine rings is 1. The van der Waals surface area contributed by atoms with E-state index >= 15 is 0 Å². The Morgan fingerprint density at radius 1 is 1.19 bits per heavy atom. The fraction of sp³-hybridized carbons (Fsp3) is 0.667. The van der Waals surface area contributed by atoms with E-state index in [4.69, 9.17) is 0 Å². The maximum atomic E-state index is 4.14. The summed E-state index contributed by atoms with van der Waals surface area (Å²) in [7, 11) is 0. The smallest absolute Gasteiger partial charge is 0.0299 e. The summed E-state index contributed by atoms with van der Waals surface area (Å²) < 4.78 is 0. The minimum Gasteiger partial charge on any atom is -0.264 e. The Bertz CT molecular complexity index is 277. The molecule has 0 fully saturated rings. The molecule has 0 radical (unpaired) electrons. The lowest BCUT2D eigenvalue weighted by Crippen LogP contribution is -2.08. The van der Waals surface area contributed by atoms with Gasteiger partial charge in [-0.25, -0.2) is 0 Å². The molecule has 0 saturated carbocycles. The molecule has 0 aromatic carbocycles. The third-order valence-corrected chi connectivity index (χ3v) is 3.50. The molecule has 1 nitrogen and oxygen atoms in total. The summed E-state index contributed by atoms with van der Waals surface area (Å²) in [6, 6.07) is 4.19. The molecule has 0 aliphatic heterocycles. The van der Waals surface area contributed by atoms with Crippen molar-refractivity contribution in [2.75, 3.05) is 0 Å². The fourth-order valence-corrected chi connectivity index (χ4v) is 1.83. The SMILES string of the molecule is CCC(C)(C)CCCCCc1cccnc1. The third kappa shape index (κ3) is 5.29. The molecule has 0 aliphatic carbocycles. The van der Waals surface area contributed by atoms with Crippen LogP contribution in [0.3, 0.4) is 0 Å². The van der Waals surface area contributed by atoms with E-state index in [1.54, 1.807) is 0 Å². The van der Waals surface area contributed by atoms with Crippen LogP contribution in [0.4, 0.5) is 0 Å². The van der Waals surface area contributed by atoms with Crippen LogP contribution < -0.4 is 0 Å². The van der Waals surface area contributed by atoms with Gasteiger partial charge >= 0.3 is 0 Å². The molecule has 0 amide bonds. The van der Waals surface area contributed by atoms with Gasteiger partial charge in [-0.05, 0) is 36.3 Å². The highest BCUT2D eigenvalue weighted by molar-refractivity contribution is 5.08. The molecule has 0 N–H and O–H groups in total. The van der Waals surface area contributed by atoms with Crippen molar-refractivity contribution in [1.82, 2.24) is 4.98 Å². The van der Waals surface area contributed by atoms with Crippen molar-refractivity contribution in [3.63, 3.8) is 0 Å². The van der Waals surface area contributed by atoms with Gasteiger partial charge < -0.3 is 0 Å². The molecule has 0 spiro atoms. The predicted octanol–water partition coefficient (Wildman–Crippen LogP) is 4.62. The second kappa shape index (κ2) is 6.67. The Labute approximate surface area is 100 Å². The topological polar surface area (TPSA) is 12.9 Å². The summed E-state index contributed by atoms with van der Waals surface area (Å²) >= 11 is 0. The van der Waals surface area contributed by atoms with Crippen molar-refractivity contribution < 1.29 is 0 Å². The zero-order valence-electron chi connectivity index (χ0n) is 11.0. The van der Waals surface area contributed by atoms with Gasteiger partial charge in [-0.3, -0.25) is 4.98 Å². The van der Waals surface area contributed by atoms with Crippen molar-refractivity contribution >= 4 is 0 Å². The van der Waals surface area contributed by atoms with Crippen LogP contribution >= 0.6 is 0 Å². The molecule has 0 atom stereocenters. The van der Waals surface area contributed by atoms with Gasteiger partial charge in [0.15, 0.2) is 0 Å². The number of hydrogen-bond acceptors (Lipinski definition) is 1. The minimum atomic E-state index is 0.536. The predicted molar refractivity (Wildman–Crippen MR) is 70.5 cm³/mol. The molecule has 0 aliphatic rings. The van der Waals surface area contributed by atoms with Crippen LogP contribution in [0.1, 0.15) is 58.4 Å². The number of nitrogens with zero attached hydrogens (tertiary/aromatic N) is 1. The largest absolute Gasteiger partial charge is 0.264 e. The molecule has 1 heterocycles. The zero-order valence-corrected chi connectivity index (χ0v) is 11.0. The number of unbranched alkanes of at least 4 members (excludes halogenated alkanes) is 2. The number of hydrogen-bond donors (Lipinski definition) is 0. The van der Waals surface area contributed by atoms with Gasteiger partial charge in [0, 0.05) is 12.4 Å². The van der Waals surface area contributed by atoms with E-state index in [-0.39, 0.29) is 0 Å². The standard InChI is InChI=1S/C15H25N/c1-4-15(2,3)11-7-5-6-9-14-10-8-12-16-13-14/h8,10,12-13H,4-7,9,11H2,1-3H3. The Hall–Kier alpha value is -0.850. The molecule has 1 heteroatoms. The first kappa shape index (κ1) is 13.2. The normalized spacial score (nSPS) is 11.7. The molecule has 1 aromatic heterocycles. The van der Waals surface area contributed by atoms with E-state index in [9.17, 15) is 0 Å². The Morgan fingerprint density at radius 2 is 2.00 bits per heavy atom. The molecule has 0 bridgehead atoms. The van der Waals surface area contributed by atoms with Crippen LogP contribution in [0, 0.1) is 5.41 Å². The van der Waals surface area contributed by atoms with Crippen LogP contribution in [0.2, 0.25) is 0 Å². The van der Waals surface area contributed by atoms with E-state index < -0.39 is 0 Å². The second-order valence-corrected chi connectivity index (χ2v) is 5.44. The molecule has 0 saturated heterocycles. The molecular weight excluding hydrogens is 194 g/mol. The van der Waals surface area contributed by atoms with Crippen molar-refractivity contribution in [3.8, 4) is 0 Å². The lowest BCUT2D eigenvalue weighted by molar-refractivity contribution is 0.308. The first-order valence-corrected chi connectivity index (χ1v) is 6.53. The first-order valence-electron chi connectivity index (χ1n) is 6.53. The molecule has 90 valence electrons. The van der Waals surface area contributed by atoms with Crippen molar-refractivity contribution in [2.45, 2.75) is 59.3 Å². The molecule has 1 rings (SSSR count). The molecule has 0 unspecified atom stereocenters. The maximum absolute atomic E-state index is 4.14. The quantitative estimate of drug-likeness (QED) is 0.610. The van der Waals surface area contributed by atoms with Gasteiger partial charge in [-0.1, -0.05) is 46.1 Å². The fourth-order valence-electron chi connectivity index (χ4n) is 1.83. The average Bonchev–Trinajstić information content (AvgIpc) is 2.30. The molecular formula is C15H25N. The summed E-state index contributed by atoms with van der Waals surface area (Å²) in [6.07, 6.45) is 11.7. The van der Waals surface area contributed by atoms with E-state index in [0.29, 0.717) is 5.41 Å². The highest BCUT2D eigenvalue weighted by atomic mass is 14.6. The second-order valence-electron chi connectivity index (χ2n) is 5.44. The van der Waals surface area contributed by atoms with Crippen molar-refractivity contribution in [1.29, 1.82) is 0 Å². The van der Waals surface area contributed by atoms with E-state index in [0.717, 1.165) is 0 Å². The van der Waals surface area contributed by atoms with Gasteiger partial charge in [0.2, 0.25) is 0 Å². The minimum absolute atomic E-state index is 0.536. The van der Waals surface area contributed by atoms with Gasteiger partial charge in [-0.15, -0.1) is 0 Å². The van der Waals surface area contributed by atoms with E-state index in [1.165, 1.54) is 44.1 Å². The van der Waals surface area contributed by atoms with Gasteiger partial charge in [0.05, 0.1) is 0 Å². The lowest BCUT2D eigenvalue weighted by atomic mass is 9.84. The van der Waals surface area contributed by atoms with E-state index in [1.807, 2.05) is 18.5 Å². The zero-order chi connectivity index (χ0) is 11.9. The summed E-state index contributed by atoms with van der Waals surface area (Å²) in [6.45, 7) is 7.03. The summed E-state index contributed by atoms with van der Waals surface area (Å²) in [4.78, 5) is 4.14. The third-order valence-electron chi connectivity index (χ3n) is 3.50. The molecule has 1 aromatic rings. The molecule has 16 heavy (non-hydrogen) atoms. The van der Waals surface area contributed by atoms with Crippen molar-refractivity contribution in [2.24, 2.45) is 5.41 Å². The van der Waals surface area contributed by atoms with Crippen LogP contribution in [0.15, 0.2) is 24.5 Å². The monoisotopic (exact) mass is 219 g/mol. The van der Waals surface area contributed by atoms with Gasteiger partial charge in [-0.2, -0.15) is 0 Å². The average molecular weight is 219 g/mol. The van der Waals surface area contributed by atoms with Gasteiger partial charge in [0.25, 0.3) is 0 Å². The number of rotatable bonds is 7. The number of aryl methyl sites for hydroxylation is 1. The Kier molecular flexibility index (Phi) is 5.51. The summed E-state index contributed by atoms with van der Waals surface area (Å²) in [5, 5.41) is 0. The number of aromatic nitrogens is 1. The lowest BCUT2D eigenvalue weighted by Gasteiger charge is -2.22. The highest BCUT2D eigenvalue weighted by Gasteiger charge is 2.13. The summed E-state index contributed by atoms with van der Waals surface area (Å²) in [5.41, 5.74) is 1.91. The van der Waals surface area contributed by atoms with Crippen LogP contribution in [-0.4, -0.2) is 4.98 Å². The van der Waals surface area contributed by atoms with Crippen LogP contribution in [0.5, 0.6) is 0 Å². The maximum Gasteiger partial charge on any atom is 0.0299 e. The Balaban J connectivity index is 2.09. The van der Waals surface area contributed by atoms with Crippen LogP contribution in [-0.2, 0) is 6.42 Å².